The van der Waals surface area contributed by atoms with Crippen molar-refractivity contribution in [3.8, 4) is 0 Å². The van der Waals surface area contributed by atoms with Gasteiger partial charge in [0.05, 0.1) is 6.61 Å². The van der Waals surface area contributed by atoms with Crippen LogP contribution in [0.2, 0.25) is 0 Å². The van der Waals surface area contributed by atoms with Crippen LogP contribution in [0.15, 0.2) is 42.5 Å². The van der Waals surface area contributed by atoms with Crippen LogP contribution in [-0.4, -0.2) is 11.7 Å². The number of aliphatic hydroxyl groups is 1. The number of aryl methyl sites for hydroxylation is 2. The molecule has 0 aliphatic rings. The van der Waals surface area contributed by atoms with Crippen molar-refractivity contribution in [1.82, 2.24) is 0 Å². The molecule has 19 heavy (non-hydrogen) atoms. The predicted octanol–water partition coefficient (Wildman–Crippen LogP) is 3.76. The Labute approximate surface area is 113 Å². The third kappa shape index (κ3) is 3.21. The third-order valence-corrected chi connectivity index (χ3v) is 3.54. The molecule has 0 saturated heterocycles. The summed E-state index contributed by atoms with van der Waals surface area (Å²) in [5.74, 6) is -0.437. The fraction of sp³-hybridized carbons (Fsp3) is 0.294. The summed E-state index contributed by atoms with van der Waals surface area (Å²) in [5, 5.41) is 9.56. The standard InChI is InChI=1S/C17H19FO/c1-12-7-8-13(2)14(9-12)10-15(11-19)16-5-3-4-6-17(16)18/h3-9,15,19H,10-11H2,1-2H3. The van der Waals surface area contributed by atoms with E-state index in [1.54, 1.807) is 12.1 Å². The second-order valence-electron chi connectivity index (χ2n) is 5.04. The van der Waals surface area contributed by atoms with Crippen LogP contribution in [0.4, 0.5) is 4.39 Å². The van der Waals surface area contributed by atoms with Crippen LogP contribution in [0.25, 0.3) is 0 Å². The lowest BCUT2D eigenvalue weighted by Crippen LogP contribution is -2.10. The van der Waals surface area contributed by atoms with Gasteiger partial charge in [0.15, 0.2) is 0 Å². The van der Waals surface area contributed by atoms with Gasteiger partial charge in [0.1, 0.15) is 5.82 Å². The van der Waals surface area contributed by atoms with E-state index in [1.807, 2.05) is 19.9 Å². The zero-order valence-corrected chi connectivity index (χ0v) is 11.4. The van der Waals surface area contributed by atoms with Gasteiger partial charge >= 0.3 is 0 Å². The second kappa shape index (κ2) is 5.98. The first kappa shape index (κ1) is 13.8. The van der Waals surface area contributed by atoms with Crippen LogP contribution in [0, 0.1) is 19.7 Å². The molecular weight excluding hydrogens is 239 g/mol. The summed E-state index contributed by atoms with van der Waals surface area (Å²) in [4.78, 5) is 0. The maximum absolute atomic E-state index is 13.8. The molecule has 1 unspecified atom stereocenters. The van der Waals surface area contributed by atoms with Crippen LogP contribution >= 0.6 is 0 Å². The van der Waals surface area contributed by atoms with Gasteiger partial charge in [-0.1, -0.05) is 42.0 Å². The molecule has 2 heteroatoms. The summed E-state index contributed by atoms with van der Waals surface area (Å²) < 4.78 is 13.8. The summed E-state index contributed by atoms with van der Waals surface area (Å²) in [7, 11) is 0. The molecule has 2 aromatic carbocycles. The topological polar surface area (TPSA) is 20.2 Å². The fourth-order valence-electron chi connectivity index (χ4n) is 2.36. The lowest BCUT2D eigenvalue weighted by Gasteiger charge is -2.17. The number of hydrogen-bond acceptors (Lipinski definition) is 1. The SMILES string of the molecule is Cc1ccc(C)c(CC(CO)c2ccccc2F)c1. The number of aliphatic hydroxyl groups excluding tert-OH is 1. The Morgan fingerprint density at radius 1 is 1.11 bits per heavy atom. The highest BCUT2D eigenvalue weighted by atomic mass is 19.1. The van der Waals surface area contributed by atoms with E-state index < -0.39 is 0 Å². The van der Waals surface area contributed by atoms with Crippen molar-refractivity contribution in [2.24, 2.45) is 0 Å². The molecular formula is C17H19FO. The maximum atomic E-state index is 13.8. The molecule has 0 spiro atoms. The average molecular weight is 258 g/mol. The van der Waals surface area contributed by atoms with E-state index in [0.29, 0.717) is 12.0 Å². The van der Waals surface area contributed by atoms with Crippen LogP contribution in [0.3, 0.4) is 0 Å². The highest BCUT2D eigenvalue weighted by Gasteiger charge is 2.16. The normalized spacial score (nSPS) is 12.4. The monoisotopic (exact) mass is 258 g/mol. The van der Waals surface area contributed by atoms with Crippen molar-refractivity contribution in [3.05, 3.63) is 70.5 Å². The van der Waals surface area contributed by atoms with E-state index in [4.69, 9.17) is 0 Å². The van der Waals surface area contributed by atoms with Crippen LogP contribution < -0.4 is 0 Å². The van der Waals surface area contributed by atoms with Gasteiger partial charge in [-0.05, 0) is 43.0 Å². The first-order chi connectivity index (χ1) is 9.11. The van der Waals surface area contributed by atoms with Gasteiger partial charge in [-0.3, -0.25) is 0 Å². The molecule has 0 bridgehead atoms. The molecule has 1 N–H and O–H groups in total. The Hall–Kier alpha value is -1.67. The quantitative estimate of drug-likeness (QED) is 0.885. The summed E-state index contributed by atoms with van der Waals surface area (Å²) in [6, 6.07) is 12.9. The van der Waals surface area contributed by atoms with E-state index in [9.17, 15) is 9.50 Å². The van der Waals surface area contributed by atoms with Gasteiger partial charge < -0.3 is 5.11 Å². The second-order valence-corrected chi connectivity index (χ2v) is 5.04. The molecule has 0 aliphatic heterocycles. The number of rotatable bonds is 4. The minimum atomic E-state index is -0.244. The average Bonchev–Trinajstić information content (AvgIpc) is 2.41. The Morgan fingerprint density at radius 3 is 2.53 bits per heavy atom. The van der Waals surface area contributed by atoms with Crippen LogP contribution in [0.1, 0.15) is 28.2 Å². The van der Waals surface area contributed by atoms with Gasteiger partial charge in [-0.15, -0.1) is 0 Å². The Balaban J connectivity index is 2.29. The van der Waals surface area contributed by atoms with E-state index >= 15 is 0 Å². The molecule has 0 radical (unpaired) electrons. The Morgan fingerprint density at radius 2 is 1.84 bits per heavy atom. The van der Waals surface area contributed by atoms with Crippen molar-refractivity contribution < 1.29 is 9.50 Å². The third-order valence-electron chi connectivity index (χ3n) is 3.54. The zero-order chi connectivity index (χ0) is 13.8. The Kier molecular flexibility index (Phi) is 4.33. The largest absolute Gasteiger partial charge is 0.396 e. The Bertz CT molecular complexity index is 563. The van der Waals surface area contributed by atoms with Crippen LogP contribution in [-0.2, 0) is 6.42 Å². The van der Waals surface area contributed by atoms with Crippen molar-refractivity contribution in [3.63, 3.8) is 0 Å². The van der Waals surface area contributed by atoms with E-state index in [1.165, 1.54) is 22.8 Å². The molecule has 2 rings (SSSR count). The zero-order valence-electron chi connectivity index (χ0n) is 11.4. The fourth-order valence-corrected chi connectivity index (χ4v) is 2.36. The molecule has 0 fully saturated rings. The lowest BCUT2D eigenvalue weighted by atomic mass is 9.90. The highest BCUT2D eigenvalue weighted by Crippen LogP contribution is 2.25. The molecule has 100 valence electrons. The molecule has 0 aromatic heterocycles. The van der Waals surface area contributed by atoms with Crippen molar-refractivity contribution in [1.29, 1.82) is 0 Å². The molecule has 0 heterocycles. The molecule has 1 atom stereocenters. The summed E-state index contributed by atoms with van der Waals surface area (Å²) in [5.41, 5.74) is 4.12. The molecule has 2 aromatic rings. The lowest BCUT2D eigenvalue weighted by molar-refractivity contribution is 0.261. The van der Waals surface area contributed by atoms with E-state index in [2.05, 4.69) is 18.2 Å². The van der Waals surface area contributed by atoms with E-state index in [0.717, 1.165) is 0 Å². The first-order valence-corrected chi connectivity index (χ1v) is 6.53. The summed E-state index contributed by atoms with van der Waals surface area (Å²) in [6.45, 7) is 4.04. The van der Waals surface area contributed by atoms with Crippen molar-refractivity contribution >= 4 is 0 Å². The predicted molar refractivity (Wildman–Crippen MR) is 75.8 cm³/mol. The van der Waals surface area contributed by atoms with E-state index in [-0.39, 0.29) is 18.3 Å². The number of hydrogen-bond donors (Lipinski definition) is 1. The number of benzene rings is 2. The minimum absolute atomic E-state index is 0.0473. The summed E-state index contributed by atoms with van der Waals surface area (Å²) >= 11 is 0. The molecule has 0 amide bonds. The first-order valence-electron chi connectivity index (χ1n) is 6.53. The van der Waals surface area contributed by atoms with Crippen molar-refractivity contribution in [2.45, 2.75) is 26.2 Å². The van der Waals surface area contributed by atoms with Gasteiger partial charge in [0.25, 0.3) is 0 Å². The van der Waals surface area contributed by atoms with Gasteiger partial charge in [-0.25, -0.2) is 4.39 Å². The molecule has 1 nitrogen and oxygen atoms in total. The smallest absolute Gasteiger partial charge is 0.126 e. The van der Waals surface area contributed by atoms with Gasteiger partial charge in [0, 0.05) is 5.92 Å². The molecule has 0 saturated carbocycles. The number of halogens is 1. The minimum Gasteiger partial charge on any atom is -0.396 e. The molecule has 0 aliphatic carbocycles. The van der Waals surface area contributed by atoms with Gasteiger partial charge in [0.2, 0.25) is 0 Å². The summed E-state index contributed by atoms with van der Waals surface area (Å²) in [6.07, 6.45) is 0.658. The van der Waals surface area contributed by atoms with Crippen molar-refractivity contribution in [2.75, 3.05) is 6.61 Å². The van der Waals surface area contributed by atoms with Crippen LogP contribution in [0.5, 0.6) is 0 Å². The maximum Gasteiger partial charge on any atom is 0.126 e. The highest BCUT2D eigenvalue weighted by molar-refractivity contribution is 5.33. The van der Waals surface area contributed by atoms with Gasteiger partial charge in [-0.2, -0.15) is 0 Å².